The highest BCUT2D eigenvalue weighted by molar-refractivity contribution is 6.74. The Morgan fingerprint density at radius 2 is 1.59 bits per heavy atom. The van der Waals surface area contributed by atoms with Crippen LogP contribution >= 0.6 is 0 Å². The lowest BCUT2D eigenvalue weighted by Crippen LogP contribution is -2.43. The number of benzene rings is 1. The van der Waals surface area contributed by atoms with Gasteiger partial charge in [0.15, 0.2) is 5.75 Å². The molecule has 27 heavy (non-hydrogen) atoms. The molecule has 0 unspecified atom stereocenters. The lowest BCUT2D eigenvalue weighted by molar-refractivity contribution is 0.0239. The SMILES string of the molecule is COc1cc(C(=O)OC2CCCCCCC2)ccc1O[Si](C)(C)C(C)(C)C. The van der Waals surface area contributed by atoms with Gasteiger partial charge in [-0.1, -0.05) is 40.0 Å². The van der Waals surface area contributed by atoms with E-state index in [2.05, 4.69) is 33.9 Å². The molecule has 1 aliphatic rings. The normalized spacial score (nSPS) is 17.0. The molecule has 0 N–H and O–H groups in total. The minimum absolute atomic E-state index is 0.0342. The van der Waals surface area contributed by atoms with E-state index in [1.165, 1.54) is 19.3 Å². The third kappa shape index (κ3) is 5.99. The van der Waals surface area contributed by atoms with E-state index in [1.807, 2.05) is 6.07 Å². The summed E-state index contributed by atoms with van der Waals surface area (Å²) >= 11 is 0. The van der Waals surface area contributed by atoms with E-state index in [4.69, 9.17) is 13.9 Å². The molecular weight excluding hydrogens is 356 g/mol. The highest BCUT2D eigenvalue weighted by Crippen LogP contribution is 2.40. The van der Waals surface area contributed by atoms with Gasteiger partial charge in [0, 0.05) is 0 Å². The summed E-state index contributed by atoms with van der Waals surface area (Å²) in [5.41, 5.74) is 0.525. The second kappa shape index (κ2) is 9.13. The number of hydrogen-bond donors (Lipinski definition) is 0. The van der Waals surface area contributed by atoms with Gasteiger partial charge in [0.25, 0.3) is 8.32 Å². The fourth-order valence-corrected chi connectivity index (χ4v) is 4.09. The molecule has 1 aromatic rings. The Morgan fingerprint density at radius 3 is 2.15 bits per heavy atom. The first-order chi connectivity index (χ1) is 12.6. The van der Waals surface area contributed by atoms with Crippen LogP contribution in [0.4, 0.5) is 0 Å². The van der Waals surface area contributed by atoms with Crippen molar-refractivity contribution in [2.45, 2.75) is 90.0 Å². The maximum absolute atomic E-state index is 12.6. The summed E-state index contributed by atoms with van der Waals surface area (Å²) < 4.78 is 17.7. The molecule has 5 heteroatoms. The maximum atomic E-state index is 12.6. The molecule has 0 aliphatic heterocycles. The number of ether oxygens (including phenoxy) is 2. The number of carbonyl (C=O) groups is 1. The van der Waals surface area contributed by atoms with Crippen LogP contribution in [0.3, 0.4) is 0 Å². The summed E-state index contributed by atoms with van der Waals surface area (Å²) in [7, 11) is -0.371. The van der Waals surface area contributed by atoms with Crippen LogP contribution in [0.15, 0.2) is 18.2 Å². The first kappa shape index (κ1) is 21.8. The third-order valence-corrected chi connectivity index (χ3v) is 10.2. The van der Waals surface area contributed by atoms with E-state index < -0.39 is 8.32 Å². The van der Waals surface area contributed by atoms with Crippen LogP contribution < -0.4 is 9.16 Å². The van der Waals surface area contributed by atoms with Crippen LogP contribution in [0.5, 0.6) is 11.5 Å². The van der Waals surface area contributed by atoms with Gasteiger partial charge in [-0.05, 0) is 62.0 Å². The van der Waals surface area contributed by atoms with Crippen molar-refractivity contribution in [1.82, 2.24) is 0 Å². The van der Waals surface area contributed by atoms with Crippen LogP contribution in [-0.4, -0.2) is 27.5 Å². The van der Waals surface area contributed by atoms with Crippen LogP contribution in [0.1, 0.15) is 76.1 Å². The highest BCUT2D eigenvalue weighted by atomic mass is 28.4. The number of methoxy groups -OCH3 is 1. The largest absolute Gasteiger partial charge is 0.541 e. The van der Waals surface area contributed by atoms with E-state index >= 15 is 0 Å². The summed E-state index contributed by atoms with van der Waals surface area (Å²) in [5, 5.41) is 0.0911. The molecule has 0 aromatic heterocycles. The number of carbonyl (C=O) groups excluding carboxylic acids is 1. The van der Waals surface area contributed by atoms with Gasteiger partial charge in [-0.25, -0.2) is 4.79 Å². The zero-order valence-electron chi connectivity index (χ0n) is 17.9. The van der Waals surface area contributed by atoms with Gasteiger partial charge >= 0.3 is 5.97 Å². The molecule has 0 amide bonds. The van der Waals surface area contributed by atoms with Crippen molar-refractivity contribution < 1.29 is 18.7 Å². The van der Waals surface area contributed by atoms with Gasteiger partial charge in [0.05, 0.1) is 12.7 Å². The molecule has 4 nitrogen and oxygen atoms in total. The van der Waals surface area contributed by atoms with Crippen molar-refractivity contribution >= 4 is 14.3 Å². The lowest BCUT2D eigenvalue weighted by Gasteiger charge is -2.36. The first-order valence-electron chi connectivity index (χ1n) is 10.2. The second-order valence-corrected chi connectivity index (χ2v) is 13.8. The highest BCUT2D eigenvalue weighted by Gasteiger charge is 2.39. The summed E-state index contributed by atoms with van der Waals surface area (Å²) in [6.07, 6.45) is 8.02. The molecule has 0 saturated heterocycles. The van der Waals surface area contributed by atoms with E-state index in [0.717, 1.165) is 25.7 Å². The van der Waals surface area contributed by atoms with Crippen LogP contribution in [-0.2, 0) is 4.74 Å². The average molecular weight is 393 g/mol. The molecule has 1 aliphatic carbocycles. The van der Waals surface area contributed by atoms with Crippen LogP contribution in [0.2, 0.25) is 18.1 Å². The second-order valence-electron chi connectivity index (χ2n) is 9.10. The van der Waals surface area contributed by atoms with Gasteiger partial charge in [0.1, 0.15) is 11.9 Å². The van der Waals surface area contributed by atoms with Crippen molar-refractivity contribution in [2.24, 2.45) is 0 Å². The molecule has 1 aromatic carbocycles. The van der Waals surface area contributed by atoms with E-state index in [9.17, 15) is 4.79 Å². The minimum atomic E-state index is -1.98. The third-order valence-electron chi connectivity index (χ3n) is 5.90. The van der Waals surface area contributed by atoms with Gasteiger partial charge in [-0.2, -0.15) is 0 Å². The predicted octanol–water partition coefficient (Wildman–Crippen LogP) is 6.35. The lowest BCUT2D eigenvalue weighted by atomic mass is 9.98. The monoisotopic (exact) mass is 392 g/mol. The van der Waals surface area contributed by atoms with Crippen molar-refractivity contribution in [3.05, 3.63) is 23.8 Å². The summed E-state index contributed by atoms with van der Waals surface area (Å²) in [4.78, 5) is 12.6. The summed E-state index contributed by atoms with van der Waals surface area (Å²) in [5.74, 6) is 1.02. The van der Waals surface area contributed by atoms with Crippen molar-refractivity contribution in [2.75, 3.05) is 7.11 Å². The van der Waals surface area contributed by atoms with E-state index in [0.29, 0.717) is 17.1 Å². The molecule has 0 atom stereocenters. The Bertz CT molecular complexity index is 626. The van der Waals surface area contributed by atoms with Crippen molar-refractivity contribution in [3.8, 4) is 11.5 Å². The topological polar surface area (TPSA) is 44.8 Å². The number of rotatable bonds is 5. The molecule has 0 radical (unpaired) electrons. The van der Waals surface area contributed by atoms with Gasteiger partial charge in [0.2, 0.25) is 0 Å². The molecule has 0 bridgehead atoms. The average Bonchev–Trinajstić information content (AvgIpc) is 2.56. The Kier molecular flexibility index (Phi) is 7.37. The van der Waals surface area contributed by atoms with Crippen molar-refractivity contribution in [3.63, 3.8) is 0 Å². The van der Waals surface area contributed by atoms with Crippen LogP contribution in [0, 0.1) is 0 Å². The Morgan fingerprint density at radius 1 is 1.00 bits per heavy atom. The summed E-state index contributed by atoms with van der Waals surface area (Å²) in [6.45, 7) is 11.0. The Hall–Kier alpha value is -1.49. The van der Waals surface area contributed by atoms with Gasteiger partial charge < -0.3 is 13.9 Å². The minimum Gasteiger partial charge on any atom is -0.541 e. The zero-order chi connectivity index (χ0) is 20.1. The van der Waals surface area contributed by atoms with E-state index in [-0.39, 0.29) is 17.1 Å². The molecule has 1 fully saturated rings. The standard InChI is InChI=1S/C22H36O4Si/c1-22(2,3)27(5,6)26-19-15-14-17(16-20(19)24-4)21(23)25-18-12-10-8-7-9-11-13-18/h14-16,18H,7-13H2,1-6H3. The number of esters is 1. The molecule has 2 rings (SSSR count). The quantitative estimate of drug-likeness (QED) is 0.433. The Balaban J connectivity index is 2.11. The molecule has 1 saturated carbocycles. The fourth-order valence-electron chi connectivity index (χ4n) is 3.06. The van der Waals surface area contributed by atoms with Crippen LogP contribution in [0.25, 0.3) is 0 Å². The first-order valence-corrected chi connectivity index (χ1v) is 13.1. The fraction of sp³-hybridized carbons (Fsp3) is 0.682. The van der Waals surface area contributed by atoms with Gasteiger partial charge in [-0.15, -0.1) is 0 Å². The molecule has 0 heterocycles. The Labute approximate surface area is 165 Å². The van der Waals surface area contributed by atoms with E-state index in [1.54, 1.807) is 19.2 Å². The molecule has 152 valence electrons. The van der Waals surface area contributed by atoms with Gasteiger partial charge in [-0.3, -0.25) is 0 Å². The molecule has 0 spiro atoms. The predicted molar refractivity (Wildman–Crippen MR) is 112 cm³/mol. The number of hydrogen-bond acceptors (Lipinski definition) is 4. The zero-order valence-corrected chi connectivity index (χ0v) is 18.9. The summed E-state index contributed by atoms with van der Waals surface area (Å²) in [6, 6.07) is 5.37. The smallest absolute Gasteiger partial charge is 0.338 e. The maximum Gasteiger partial charge on any atom is 0.338 e. The molecular formula is C22H36O4Si. The van der Waals surface area contributed by atoms with Crippen molar-refractivity contribution in [1.29, 1.82) is 0 Å².